The van der Waals surface area contributed by atoms with E-state index >= 15 is 0 Å². The van der Waals surface area contributed by atoms with E-state index in [9.17, 15) is 13.2 Å². The third-order valence-corrected chi connectivity index (χ3v) is 7.87. The summed E-state index contributed by atoms with van der Waals surface area (Å²) in [5.41, 5.74) is 1.86. The Morgan fingerprint density at radius 3 is 2.29 bits per heavy atom. The number of nitrogens with zero attached hydrogens (tertiary/aromatic N) is 3. The highest BCUT2D eigenvalue weighted by atomic mass is 32.2. The van der Waals surface area contributed by atoms with Crippen molar-refractivity contribution >= 4 is 21.6 Å². The number of piperazine rings is 1. The maximum Gasteiger partial charge on any atom is 0.246 e. The van der Waals surface area contributed by atoms with Crippen LogP contribution in [-0.4, -0.2) is 56.8 Å². The number of ether oxygens (including phenoxy) is 1. The van der Waals surface area contributed by atoms with E-state index in [1.807, 2.05) is 41.3 Å². The molecule has 8 nitrogen and oxygen atoms in total. The van der Waals surface area contributed by atoms with Gasteiger partial charge in [-0.3, -0.25) is 9.69 Å². The van der Waals surface area contributed by atoms with Crippen molar-refractivity contribution in [2.75, 3.05) is 38.6 Å². The number of hydrogen-bond acceptors (Lipinski definition) is 6. The Morgan fingerprint density at radius 1 is 0.971 bits per heavy atom. The van der Waals surface area contributed by atoms with E-state index in [-0.39, 0.29) is 23.9 Å². The zero-order valence-corrected chi connectivity index (χ0v) is 20.1. The SMILES string of the molecule is COc1cccc(NC(=O)[C@@H](c2ccccc2)N2CCN(S(=O)(=O)c3ccc(C#N)cc3)CC2)c1. The summed E-state index contributed by atoms with van der Waals surface area (Å²) in [6.07, 6.45) is 0. The molecule has 0 spiro atoms. The summed E-state index contributed by atoms with van der Waals surface area (Å²) in [6.45, 7) is 1.28. The van der Waals surface area contributed by atoms with Gasteiger partial charge in [0.05, 0.1) is 23.6 Å². The average molecular weight is 491 g/mol. The minimum Gasteiger partial charge on any atom is -0.497 e. The van der Waals surface area contributed by atoms with E-state index in [0.29, 0.717) is 30.1 Å². The third kappa shape index (κ3) is 5.52. The van der Waals surface area contributed by atoms with E-state index in [1.54, 1.807) is 31.4 Å². The smallest absolute Gasteiger partial charge is 0.246 e. The highest BCUT2D eigenvalue weighted by Crippen LogP contribution is 2.27. The van der Waals surface area contributed by atoms with Gasteiger partial charge in [0.2, 0.25) is 15.9 Å². The predicted molar refractivity (Wildman–Crippen MR) is 132 cm³/mol. The normalized spacial score (nSPS) is 15.7. The second-order valence-electron chi connectivity index (χ2n) is 8.11. The molecule has 1 fully saturated rings. The van der Waals surface area contributed by atoms with E-state index in [0.717, 1.165) is 5.56 Å². The minimum atomic E-state index is -3.69. The molecule has 1 atom stereocenters. The Bertz CT molecular complexity index is 1310. The number of methoxy groups -OCH3 is 1. The van der Waals surface area contributed by atoms with E-state index in [4.69, 9.17) is 10.00 Å². The topological polar surface area (TPSA) is 103 Å². The number of carbonyl (C=O) groups is 1. The Balaban J connectivity index is 1.51. The number of sulfonamides is 1. The van der Waals surface area contributed by atoms with Crippen molar-refractivity contribution in [3.8, 4) is 11.8 Å². The molecule has 1 N–H and O–H groups in total. The van der Waals surface area contributed by atoms with Crippen LogP contribution >= 0.6 is 0 Å². The van der Waals surface area contributed by atoms with Crippen molar-refractivity contribution in [2.45, 2.75) is 10.9 Å². The van der Waals surface area contributed by atoms with Gasteiger partial charge in [-0.2, -0.15) is 9.57 Å². The van der Waals surface area contributed by atoms with Crippen molar-refractivity contribution in [3.05, 3.63) is 90.0 Å². The molecule has 1 aliphatic rings. The molecule has 0 radical (unpaired) electrons. The Hall–Kier alpha value is -3.71. The molecule has 4 rings (SSSR count). The standard InChI is InChI=1S/C26H26N4O4S/c1-34-23-9-5-8-22(18-23)28-26(31)25(21-6-3-2-4-7-21)29-14-16-30(17-15-29)35(32,33)24-12-10-20(19-27)11-13-24/h2-13,18,25H,14-17H2,1H3,(H,28,31)/t25-/m1/s1. The van der Waals surface area contributed by atoms with Crippen LogP contribution in [-0.2, 0) is 14.8 Å². The minimum absolute atomic E-state index is 0.153. The monoisotopic (exact) mass is 490 g/mol. The van der Waals surface area contributed by atoms with Crippen LogP contribution in [0.25, 0.3) is 0 Å². The Morgan fingerprint density at radius 2 is 1.66 bits per heavy atom. The number of amides is 1. The third-order valence-electron chi connectivity index (χ3n) is 5.96. The van der Waals surface area contributed by atoms with Crippen LogP contribution in [0.5, 0.6) is 5.75 Å². The lowest BCUT2D eigenvalue weighted by Gasteiger charge is -2.38. The fourth-order valence-corrected chi connectivity index (χ4v) is 5.55. The van der Waals surface area contributed by atoms with Crippen LogP contribution in [0, 0.1) is 11.3 Å². The van der Waals surface area contributed by atoms with Crippen LogP contribution in [0.1, 0.15) is 17.2 Å². The number of carbonyl (C=O) groups excluding carboxylic acids is 1. The lowest BCUT2D eigenvalue weighted by Crippen LogP contribution is -2.51. The lowest BCUT2D eigenvalue weighted by atomic mass is 10.0. The van der Waals surface area contributed by atoms with E-state index < -0.39 is 16.1 Å². The zero-order chi connectivity index (χ0) is 24.8. The first kappa shape index (κ1) is 24.4. The largest absolute Gasteiger partial charge is 0.497 e. The van der Waals surface area contributed by atoms with Gasteiger partial charge in [0.25, 0.3) is 0 Å². The molecule has 3 aromatic rings. The number of hydrogen-bond donors (Lipinski definition) is 1. The second kappa shape index (κ2) is 10.7. The summed E-state index contributed by atoms with van der Waals surface area (Å²) in [4.78, 5) is 15.6. The van der Waals surface area contributed by atoms with Gasteiger partial charge in [-0.1, -0.05) is 36.4 Å². The number of nitrogens with one attached hydrogen (secondary N) is 1. The summed E-state index contributed by atoms with van der Waals surface area (Å²) in [5.74, 6) is 0.438. The Kier molecular flexibility index (Phi) is 7.46. The molecule has 0 unspecified atom stereocenters. The van der Waals surface area contributed by atoms with Crippen molar-refractivity contribution in [1.82, 2.24) is 9.21 Å². The first-order chi connectivity index (χ1) is 16.9. The fraction of sp³-hybridized carbons (Fsp3) is 0.231. The summed E-state index contributed by atoms with van der Waals surface area (Å²) in [6, 6.07) is 23.9. The number of benzene rings is 3. The molecule has 0 bridgehead atoms. The summed E-state index contributed by atoms with van der Waals surface area (Å²) >= 11 is 0. The number of anilines is 1. The van der Waals surface area contributed by atoms with Crippen molar-refractivity contribution in [3.63, 3.8) is 0 Å². The van der Waals surface area contributed by atoms with Crippen LogP contribution < -0.4 is 10.1 Å². The van der Waals surface area contributed by atoms with Gasteiger partial charge in [-0.25, -0.2) is 8.42 Å². The van der Waals surface area contributed by atoms with Gasteiger partial charge in [-0.05, 0) is 42.0 Å². The molecule has 3 aromatic carbocycles. The van der Waals surface area contributed by atoms with Crippen LogP contribution in [0.3, 0.4) is 0 Å². The first-order valence-corrected chi connectivity index (χ1v) is 12.6. The molecule has 35 heavy (non-hydrogen) atoms. The van der Waals surface area contributed by atoms with Gasteiger partial charge in [0.15, 0.2) is 0 Å². The average Bonchev–Trinajstić information content (AvgIpc) is 2.90. The summed E-state index contributed by atoms with van der Waals surface area (Å²) in [7, 11) is -2.13. The first-order valence-electron chi connectivity index (χ1n) is 11.2. The number of rotatable bonds is 7. The van der Waals surface area contributed by atoms with Crippen molar-refractivity contribution < 1.29 is 17.9 Å². The van der Waals surface area contributed by atoms with E-state index in [1.165, 1.54) is 28.6 Å². The zero-order valence-electron chi connectivity index (χ0n) is 19.3. The van der Waals surface area contributed by atoms with Crippen LogP contribution in [0.2, 0.25) is 0 Å². The van der Waals surface area contributed by atoms with Crippen molar-refractivity contribution in [1.29, 1.82) is 5.26 Å². The predicted octanol–water partition coefficient (Wildman–Crippen LogP) is 3.25. The van der Waals surface area contributed by atoms with E-state index in [2.05, 4.69) is 5.32 Å². The molecular formula is C26H26N4O4S. The lowest BCUT2D eigenvalue weighted by molar-refractivity contribution is -0.122. The molecule has 1 saturated heterocycles. The quantitative estimate of drug-likeness (QED) is 0.545. The van der Waals surface area contributed by atoms with Gasteiger partial charge >= 0.3 is 0 Å². The molecule has 180 valence electrons. The summed E-state index contributed by atoms with van der Waals surface area (Å²) in [5, 5.41) is 11.9. The molecule has 1 amide bonds. The highest BCUT2D eigenvalue weighted by Gasteiger charge is 2.34. The maximum absolute atomic E-state index is 13.4. The highest BCUT2D eigenvalue weighted by molar-refractivity contribution is 7.89. The summed E-state index contributed by atoms with van der Waals surface area (Å²) < 4.78 is 32.9. The fourth-order valence-electron chi connectivity index (χ4n) is 4.13. The number of nitriles is 1. The molecule has 1 heterocycles. The molecule has 1 aliphatic heterocycles. The van der Waals surface area contributed by atoms with Gasteiger partial charge in [0, 0.05) is 37.9 Å². The molecule has 9 heteroatoms. The van der Waals surface area contributed by atoms with Gasteiger partial charge < -0.3 is 10.1 Å². The van der Waals surface area contributed by atoms with Crippen molar-refractivity contribution in [2.24, 2.45) is 0 Å². The van der Waals surface area contributed by atoms with Crippen LogP contribution in [0.15, 0.2) is 83.8 Å². The second-order valence-corrected chi connectivity index (χ2v) is 10.0. The molecule has 0 saturated carbocycles. The molecular weight excluding hydrogens is 464 g/mol. The van der Waals surface area contributed by atoms with Gasteiger partial charge in [0.1, 0.15) is 11.8 Å². The van der Waals surface area contributed by atoms with Crippen LogP contribution in [0.4, 0.5) is 5.69 Å². The maximum atomic E-state index is 13.4. The molecule has 0 aliphatic carbocycles. The van der Waals surface area contributed by atoms with Gasteiger partial charge in [-0.15, -0.1) is 0 Å². The Labute approximate surface area is 205 Å². The molecule has 0 aromatic heterocycles.